The van der Waals surface area contributed by atoms with Gasteiger partial charge in [0.1, 0.15) is 18.2 Å². The van der Waals surface area contributed by atoms with Crippen LogP contribution in [-0.2, 0) is 14.3 Å². The minimum Gasteiger partial charge on any atom is -0.480 e. The smallest absolute Gasteiger partial charge is 0.410 e. The zero-order valence-electron chi connectivity index (χ0n) is 20.3. The van der Waals surface area contributed by atoms with E-state index in [4.69, 9.17) is 9.47 Å². The van der Waals surface area contributed by atoms with Crippen LogP contribution in [0.4, 0.5) is 9.59 Å². The standard InChI is InChI=1S/C27H32N2O6/c1-27(2,3)35-25(32)28-15-17-9-8-14-23(24(30)31)29(17)26(33)34-16-22-20-12-6-4-10-18(20)19-11-5-7-13-21(19)22/h4-7,10-13,17,22-23H,8-9,14-16H2,1-3H3,(H,28,32)(H,30,31). The van der Waals surface area contributed by atoms with E-state index in [2.05, 4.69) is 17.4 Å². The molecule has 1 aliphatic carbocycles. The van der Waals surface area contributed by atoms with Crippen LogP contribution in [0.5, 0.6) is 0 Å². The molecule has 2 unspecified atom stereocenters. The number of likely N-dealkylation sites (tertiary alicyclic amines) is 1. The highest BCUT2D eigenvalue weighted by Gasteiger charge is 2.40. The molecule has 2 N–H and O–H groups in total. The highest BCUT2D eigenvalue weighted by atomic mass is 16.6. The lowest BCUT2D eigenvalue weighted by atomic mass is 9.95. The topological polar surface area (TPSA) is 105 Å². The maximum absolute atomic E-state index is 13.3. The van der Waals surface area contributed by atoms with Crippen LogP contribution in [0.15, 0.2) is 48.5 Å². The number of hydrogen-bond donors (Lipinski definition) is 2. The van der Waals surface area contributed by atoms with Gasteiger partial charge in [-0.25, -0.2) is 14.4 Å². The van der Waals surface area contributed by atoms with Crippen LogP contribution >= 0.6 is 0 Å². The number of amides is 2. The Bertz CT molecular complexity index is 1060. The number of nitrogens with zero attached hydrogens (tertiary/aromatic N) is 1. The van der Waals surface area contributed by atoms with Crippen molar-refractivity contribution in [2.75, 3.05) is 13.2 Å². The number of carbonyl (C=O) groups excluding carboxylic acids is 2. The molecule has 2 atom stereocenters. The van der Waals surface area contributed by atoms with Crippen molar-refractivity contribution >= 4 is 18.2 Å². The highest BCUT2D eigenvalue weighted by Crippen LogP contribution is 2.44. The van der Waals surface area contributed by atoms with E-state index >= 15 is 0 Å². The van der Waals surface area contributed by atoms with E-state index in [0.717, 1.165) is 22.3 Å². The SMILES string of the molecule is CC(C)(C)OC(=O)NCC1CCCC(C(=O)O)N1C(=O)OCC1c2ccccc2-c2ccccc21. The van der Waals surface area contributed by atoms with Crippen molar-refractivity contribution < 1.29 is 29.0 Å². The van der Waals surface area contributed by atoms with Gasteiger partial charge < -0.3 is 19.9 Å². The Morgan fingerprint density at radius 2 is 1.60 bits per heavy atom. The number of carboxylic acids is 1. The molecule has 0 radical (unpaired) electrons. The van der Waals surface area contributed by atoms with Gasteiger partial charge in [0.2, 0.25) is 0 Å². The summed E-state index contributed by atoms with van der Waals surface area (Å²) in [5.41, 5.74) is 3.73. The fourth-order valence-corrected chi connectivity index (χ4v) is 4.98. The van der Waals surface area contributed by atoms with Gasteiger partial charge in [0.25, 0.3) is 0 Å². The molecular formula is C27H32N2O6. The largest absolute Gasteiger partial charge is 0.480 e. The Morgan fingerprint density at radius 3 is 2.17 bits per heavy atom. The number of carbonyl (C=O) groups is 3. The molecule has 2 aliphatic rings. The first-order valence-electron chi connectivity index (χ1n) is 12.0. The average Bonchev–Trinajstić information content (AvgIpc) is 3.13. The second-order valence-corrected chi connectivity index (χ2v) is 10.0. The number of aliphatic carboxylic acids is 1. The number of ether oxygens (including phenoxy) is 2. The number of fused-ring (bicyclic) bond motifs is 3. The van der Waals surface area contributed by atoms with Crippen molar-refractivity contribution in [3.05, 3.63) is 59.7 Å². The Kier molecular flexibility index (Phi) is 7.00. The third-order valence-electron chi connectivity index (χ3n) is 6.46. The van der Waals surface area contributed by atoms with Crippen LogP contribution in [0.25, 0.3) is 11.1 Å². The number of carboxylic acid groups (broad SMARTS) is 1. The maximum atomic E-state index is 13.3. The monoisotopic (exact) mass is 480 g/mol. The molecule has 0 bridgehead atoms. The number of rotatable bonds is 5. The van der Waals surface area contributed by atoms with Gasteiger partial charge in [-0.3, -0.25) is 4.90 Å². The van der Waals surface area contributed by atoms with Gasteiger partial charge in [-0.1, -0.05) is 48.5 Å². The van der Waals surface area contributed by atoms with Gasteiger partial charge in [-0.05, 0) is 62.3 Å². The van der Waals surface area contributed by atoms with E-state index in [1.807, 2.05) is 36.4 Å². The third kappa shape index (κ3) is 5.42. The number of benzene rings is 2. The molecule has 0 saturated carbocycles. The highest BCUT2D eigenvalue weighted by molar-refractivity contribution is 5.81. The number of alkyl carbamates (subject to hydrolysis) is 1. The van der Waals surface area contributed by atoms with Crippen molar-refractivity contribution in [1.29, 1.82) is 0 Å². The van der Waals surface area contributed by atoms with E-state index in [1.54, 1.807) is 20.8 Å². The summed E-state index contributed by atoms with van der Waals surface area (Å²) in [6, 6.07) is 14.5. The molecule has 1 heterocycles. The minimum absolute atomic E-state index is 0.0862. The second kappa shape index (κ2) is 9.98. The van der Waals surface area contributed by atoms with Gasteiger partial charge in [-0.2, -0.15) is 0 Å². The molecule has 2 aromatic carbocycles. The normalized spacial score (nSPS) is 19.5. The van der Waals surface area contributed by atoms with Gasteiger partial charge in [0.05, 0.1) is 6.04 Å². The lowest BCUT2D eigenvalue weighted by molar-refractivity contribution is -0.145. The molecule has 1 saturated heterocycles. The van der Waals surface area contributed by atoms with Crippen molar-refractivity contribution in [2.45, 2.75) is 63.6 Å². The fourth-order valence-electron chi connectivity index (χ4n) is 4.98. The van der Waals surface area contributed by atoms with Crippen LogP contribution in [0, 0.1) is 0 Å². The molecule has 8 nitrogen and oxygen atoms in total. The van der Waals surface area contributed by atoms with Crippen molar-refractivity contribution in [3.8, 4) is 11.1 Å². The van der Waals surface area contributed by atoms with Crippen LogP contribution < -0.4 is 5.32 Å². The summed E-state index contributed by atoms with van der Waals surface area (Å²) in [4.78, 5) is 38.7. The van der Waals surface area contributed by atoms with Gasteiger partial charge >= 0.3 is 18.2 Å². The first kappa shape index (κ1) is 24.6. The van der Waals surface area contributed by atoms with Gasteiger partial charge in [0.15, 0.2) is 0 Å². The molecule has 35 heavy (non-hydrogen) atoms. The molecule has 186 valence electrons. The van der Waals surface area contributed by atoms with Crippen molar-refractivity contribution in [2.24, 2.45) is 0 Å². The van der Waals surface area contributed by atoms with Crippen LogP contribution in [0.1, 0.15) is 57.1 Å². The lowest BCUT2D eigenvalue weighted by Gasteiger charge is -2.39. The van der Waals surface area contributed by atoms with Crippen LogP contribution in [0.2, 0.25) is 0 Å². The summed E-state index contributed by atoms with van der Waals surface area (Å²) in [5, 5.41) is 12.5. The van der Waals surface area contributed by atoms with E-state index in [-0.39, 0.29) is 19.1 Å². The Balaban J connectivity index is 1.48. The summed E-state index contributed by atoms with van der Waals surface area (Å²) in [6.07, 6.45) is 0.231. The van der Waals surface area contributed by atoms with Crippen LogP contribution in [-0.4, -0.2) is 59.0 Å². The van der Waals surface area contributed by atoms with E-state index in [9.17, 15) is 19.5 Å². The van der Waals surface area contributed by atoms with Gasteiger partial charge in [-0.15, -0.1) is 0 Å². The summed E-state index contributed by atoms with van der Waals surface area (Å²) >= 11 is 0. The summed E-state index contributed by atoms with van der Waals surface area (Å²) < 4.78 is 11.0. The van der Waals surface area contributed by atoms with Gasteiger partial charge in [0, 0.05) is 12.5 Å². The molecular weight excluding hydrogens is 448 g/mol. The molecule has 1 aliphatic heterocycles. The predicted octanol–water partition coefficient (Wildman–Crippen LogP) is 4.77. The number of hydrogen-bond acceptors (Lipinski definition) is 5. The third-order valence-corrected chi connectivity index (χ3v) is 6.46. The van der Waals surface area contributed by atoms with E-state index in [0.29, 0.717) is 19.3 Å². The summed E-state index contributed by atoms with van der Waals surface area (Å²) in [6.45, 7) is 5.47. The number of nitrogens with one attached hydrogen (secondary N) is 1. The molecule has 1 fully saturated rings. The second-order valence-electron chi connectivity index (χ2n) is 10.0. The summed E-state index contributed by atoms with van der Waals surface area (Å²) in [5.74, 6) is -1.21. The van der Waals surface area contributed by atoms with Crippen LogP contribution in [0.3, 0.4) is 0 Å². The van der Waals surface area contributed by atoms with E-state index in [1.165, 1.54) is 4.90 Å². The average molecular weight is 481 g/mol. The predicted molar refractivity (Wildman–Crippen MR) is 130 cm³/mol. The Morgan fingerprint density at radius 1 is 1.00 bits per heavy atom. The minimum atomic E-state index is -1.08. The number of piperidine rings is 1. The first-order chi connectivity index (χ1) is 16.7. The Hall–Kier alpha value is -3.55. The molecule has 0 spiro atoms. The Labute approximate surface area is 205 Å². The maximum Gasteiger partial charge on any atom is 0.410 e. The molecule has 2 aromatic rings. The summed E-state index contributed by atoms with van der Waals surface area (Å²) in [7, 11) is 0. The van der Waals surface area contributed by atoms with Crippen molar-refractivity contribution in [1.82, 2.24) is 10.2 Å². The molecule has 4 rings (SSSR count). The fraction of sp³-hybridized carbons (Fsp3) is 0.444. The molecule has 0 aromatic heterocycles. The lowest BCUT2D eigenvalue weighted by Crippen LogP contribution is -2.57. The zero-order chi connectivity index (χ0) is 25.2. The first-order valence-corrected chi connectivity index (χ1v) is 12.0. The van der Waals surface area contributed by atoms with E-state index < -0.39 is 35.8 Å². The molecule has 2 amide bonds. The molecule has 8 heteroatoms. The van der Waals surface area contributed by atoms with Crippen molar-refractivity contribution in [3.63, 3.8) is 0 Å². The zero-order valence-corrected chi connectivity index (χ0v) is 20.3. The quantitative estimate of drug-likeness (QED) is 0.639.